The van der Waals surface area contributed by atoms with Crippen molar-refractivity contribution < 1.29 is 38.9 Å². The summed E-state index contributed by atoms with van der Waals surface area (Å²) < 4.78 is 10.5. The SMILES string of the molecule is CC(C)COC(=O)[C@H](Cc1ccccc1)NC(=O)[C@H](O)[C@@H](O)C(=O)N[C@@H](Cc1ccccc1)C(=O)OCC(C)C. The molecule has 4 N–H and O–H groups in total. The van der Waals surface area contributed by atoms with Crippen LogP contribution in [0.1, 0.15) is 38.8 Å². The summed E-state index contributed by atoms with van der Waals surface area (Å²) in [6.07, 6.45) is -4.31. The van der Waals surface area contributed by atoms with Crippen LogP contribution < -0.4 is 10.6 Å². The van der Waals surface area contributed by atoms with Crippen molar-refractivity contribution in [3.05, 3.63) is 71.8 Å². The molecular weight excluding hydrogens is 516 g/mol. The van der Waals surface area contributed by atoms with Crippen molar-refractivity contribution >= 4 is 23.8 Å². The summed E-state index contributed by atoms with van der Waals surface area (Å²) in [6, 6.07) is 15.4. The zero-order valence-electron chi connectivity index (χ0n) is 23.4. The summed E-state index contributed by atoms with van der Waals surface area (Å²) in [7, 11) is 0. The van der Waals surface area contributed by atoms with E-state index in [1.807, 2.05) is 27.7 Å². The van der Waals surface area contributed by atoms with Gasteiger partial charge in [-0.1, -0.05) is 88.4 Å². The van der Waals surface area contributed by atoms with Crippen molar-refractivity contribution in [1.29, 1.82) is 0 Å². The van der Waals surface area contributed by atoms with Crippen LogP contribution in [0.25, 0.3) is 0 Å². The number of benzene rings is 2. The van der Waals surface area contributed by atoms with E-state index in [0.717, 1.165) is 11.1 Å². The predicted molar refractivity (Wildman–Crippen MR) is 148 cm³/mol. The van der Waals surface area contributed by atoms with E-state index in [1.54, 1.807) is 60.7 Å². The zero-order chi connectivity index (χ0) is 29.7. The lowest BCUT2D eigenvalue weighted by Gasteiger charge is -2.24. The Morgan fingerprint density at radius 1 is 0.625 bits per heavy atom. The van der Waals surface area contributed by atoms with Gasteiger partial charge in [0.1, 0.15) is 12.1 Å². The monoisotopic (exact) mass is 556 g/mol. The van der Waals surface area contributed by atoms with Gasteiger partial charge in [0, 0.05) is 12.8 Å². The number of carbonyl (C=O) groups excluding carboxylic acids is 4. The maximum absolute atomic E-state index is 12.8. The third-order valence-corrected chi connectivity index (χ3v) is 5.72. The molecule has 4 atom stereocenters. The Labute approximate surface area is 235 Å². The lowest BCUT2D eigenvalue weighted by molar-refractivity contribution is -0.154. The summed E-state index contributed by atoms with van der Waals surface area (Å²) >= 11 is 0. The number of ether oxygens (including phenoxy) is 2. The van der Waals surface area contributed by atoms with E-state index in [1.165, 1.54) is 0 Å². The van der Waals surface area contributed by atoms with Gasteiger partial charge in [-0.05, 0) is 23.0 Å². The van der Waals surface area contributed by atoms with E-state index in [-0.39, 0.29) is 37.9 Å². The summed E-state index contributed by atoms with van der Waals surface area (Å²) in [4.78, 5) is 51.1. The van der Waals surface area contributed by atoms with Gasteiger partial charge in [0.05, 0.1) is 13.2 Å². The summed E-state index contributed by atoms with van der Waals surface area (Å²) in [5.74, 6) is -3.60. The Morgan fingerprint density at radius 3 is 1.25 bits per heavy atom. The Hall–Kier alpha value is -3.76. The molecule has 0 saturated carbocycles. The van der Waals surface area contributed by atoms with E-state index in [0.29, 0.717) is 0 Å². The molecule has 2 aromatic carbocycles. The molecule has 0 aromatic heterocycles. The second kappa shape index (κ2) is 16.4. The number of amides is 2. The van der Waals surface area contributed by atoms with Crippen LogP contribution in [-0.4, -0.2) is 71.5 Å². The molecule has 40 heavy (non-hydrogen) atoms. The zero-order valence-corrected chi connectivity index (χ0v) is 23.4. The first kappa shape index (κ1) is 32.5. The first-order valence-electron chi connectivity index (χ1n) is 13.4. The molecule has 0 unspecified atom stereocenters. The maximum Gasteiger partial charge on any atom is 0.328 e. The average Bonchev–Trinajstić information content (AvgIpc) is 2.93. The minimum atomic E-state index is -2.22. The van der Waals surface area contributed by atoms with Crippen LogP contribution in [0.3, 0.4) is 0 Å². The molecule has 2 rings (SSSR count). The maximum atomic E-state index is 12.8. The molecule has 10 heteroatoms. The lowest BCUT2D eigenvalue weighted by Crippen LogP contribution is -2.56. The summed E-state index contributed by atoms with van der Waals surface area (Å²) in [5, 5.41) is 25.8. The highest BCUT2D eigenvalue weighted by Crippen LogP contribution is 2.09. The minimum absolute atomic E-state index is 0.0594. The quantitative estimate of drug-likeness (QED) is 0.241. The van der Waals surface area contributed by atoms with Crippen LogP contribution in [0, 0.1) is 11.8 Å². The topological polar surface area (TPSA) is 151 Å². The van der Waals surface area contributed by atoms with Crippen LogP contribution in [-0.2, 0) is 41.5 Å². The highest BCUT2D eigenvalue weighted by atomic mass is 16.5. The van der Waals surface area contributed by atoms with E-state index in [9.17, 15) is 29.4 Å². The summed E-state index contributed by atoms with van der Waals surface area (Å²) in [6.45, 7) is 7.70. The lowest BCUT2D eigenvalue weighted by atomic mass is 10.0. The second-order valence-electron chi connectivity index (χ2n) is 10.4. The van der Waals surface area contributed by atoms with Gasteiger partial charge in [-0.3, -0.25) is 9.59 Å². The third-order valence-electron chi connectivity index (χ3n) is 5.72. The molecule has 0 aliphatic heterocycles. The van der Waals surface area contributed by atoms with Gasteiger partial charge in [0.15, 0.2) is 12.2 Å². The van der Waals surface area contributed by atoms with Gasteiger partial charge in [0.25, 0.3) is 11.8 Å². The van der Waals surface area contributed by atoms with Gasteiger partial charge >= 0.3 is 11.9 Å². The molecule has 0 radical (unpaired) electrons. The number of hydrogen-bond donors (Lipinski definition) is 4. The third kappa shape index (κ3) is 11.2. The highest BCUT2D eigenvalue weighted by molar-refractivity contribution is 5.94. The van der Waals surface area contributed by atoms with E-state index in [2.05, 4.69) is 10.6 Å². The first-order chi connectivity index (χ1) is 19.0. The average molecular weight is 557 g/mol. The summed E-state index contributed by atoms with van der Waals surface area (Å²) in [5.41, 5.74) is 1.46. The van der Waals surface area contributed by atoms with Crippen molar-refractivity contribution in [2.75, 3.05) is 13.2 Å². The number of hydrogen-bond acceptors (Lipinski definition) is 8. The fourth-order valence-electron chi connectivity index (χ4n) is 3.59. The van der Waals surface area contributed by atoms with Crippen LogP contribution in [0.2, 0.25) is 0 Å². The fourth-order valence-corrected chi connectivity index (χ4v) is 3.59. The first-order valence-corrected chi connectivity index (χ1v) is 13.4. The van der Waals surface area contributed by atoms with Crippen molar-refractivity contribution in [1.82, 2.24) is 10.6 Å². The fraction of sp³-hybridized carbons (Fsp3) is 0.467. The number of carbonyl (C=O) groups is 4. The molecule has 2 aromatic rings. The van der Waals surface area contributed by atoms with E-state index < -0.39 is 48.0 Å². The van der Waals surface area contributed by atoms with Crippen molar-refractivity contribution in [3.63, 3.8) is 0 Å². The number of nitrogens with one attached hydrogen (secondary N) is 2. The number of rotatable bonds is 15. The number of aliphatic hydroxyl groups is 2. The molecule has 0 aliphatic carbocycles. The van der Waals surface area contributed by atoms with Crippen LogP contribution in [0.4, 0.5) is 0 Å². The number of aliphatic hydroxyl groups excluding tert-OH is 2. The van der Waals surface area contributed by atoms with Gasteiger partial charge in [-0.25, -0.2) is 9.59 Å². The standard InChI is InChI=1S/C30H40N2O8/c1-19(2)17-39-29(37)23(15-21-11-7-5-8-12-21)31-27(35)25(33)26(34)28(36)32-24(30(38)40-18-20(3)4)16-22-13-9-6-10-14-22/h5-14,19-20,23-26,33-34H,15-18H2,1-4H3,(H,31,35)(H,32,36)/t23-,24-,25+,26+/m0/s1. The number of esters is 2. The molecular formula is C30H40N2O8. The molecule has 0 aliphatic rings. The molecule has 0 heterocycles. The van der Waals surface area contributed by atoms with Gasteiger partial charge in [0.2, 0.25) is 0 Å². The van der Waals surface area contributed by atoms with E-state index in [4.69, 9.17) is 9.47 Å². The Kier molecular flexibility index (Phi) is 13.3. The van der Waals surface area contributed by atoms with Crippen molar-refractivity contribution in [2.45, 2.75) is 64.8 Å². The van der Waals surface area contributed by atoms with Crippen LogP contribution in [0.15, 0.2) is 60.7 Å². The van der Waals surface area contributed by atoms with Crippen molar-refractivity contribution in [2.24, 2.45) is 11.8 Å². The molecule has 0 bridgehead atoms. The second-order valence-corrected chi connectivity index (χ2v) is 10.4. The van der Waals surface area contributed by atoms with Crippen LogP contribution in [0.5, 0.6) is 0 Å². The normalized spacial score (nSPS) is 14.1. The molecule has 10 nitrogen and oxygen atoms in total. The molecule has 0 saturated heterocycles. The highest BCUT2D eigenvalue weighted by Gasteiger charge is 2.35. The Bertz CT molecular complexity index is 1000. The minimum Gasteiger partial charge on any atom is -0.464 e. The molecule has 0 fully saturated rings. The van der Waals surface area contributed by atoms with Gasteiger partial charge in [-0.2, -0.15) is 0 Å². The van der Waals surface area contributed by atoms with Gasteiger partial charge < -0.3 is 30.3 Å². The predicted octanol–water partition coefficient (Wildman–Crippen LogP) is 1.56. The Balaban J connectivity index is 2.10. The van der Waals surface area contributed by atoms with Crippen molar-refractivity contribution in [3.8, 4) is 0 Å². The molecule has 218 valence electrons. The van der Waals surface area contributed by atoms with Crippen LogP contribution >= 0.6 is 0 Å². The van der Waals surface area contributed by atoms with Gasteiger partial charge in [-0.15, -0.1) is 0 Å². The largest absolute Gasteiger partial charge is 0.464 e. The molecule has 2 amide bonds. The Morgan fingerprint density at radius 2 is 0.950 bits per heavy atom. The molecule has 0 spiro atoms. The smallest absolute Gasteiger partial charge is 0.328 e. The van der Waals surface area contributed by atoms with E-state index >= 15 is 0 Å².